The maximum atomic E-state index is 12.9. The molecule has 41 heavy (non-hydrogen) atoms. The fourth-order valence-corrected chi connectivity index (χ4v) is 6.74. The van der Waals surface area contributed by atoms with Gasteiger partial charge >= 0.3 is 0 Å². The molecule has 0 spiro atoms. The largest absolute Gasteiger partial charge is 0.437 e. The van der Waals surface area contributed by atoms with Crippen LogP contribution in [-0.2, 0) is 14.8 Å². The van der Waals surface area contributed by atoms with Gasteiger partial charge in [0.25, 0.3) is 0 Å². The van der Waals surface area contributed by atoms with Crippen molar-refractivity contribution in [1.82, 2.24) is 20.3 Å². The first-order valence-electron chi connectivity index (χ1n) is 14.0. The van der Waals surface area contributed by atoms with Crippen LogP contribution >= 0.6 is 0 Å². The molecule has 214 valence electrons. The van der Waals surface area contributed by atoms with Crippen molar-refractivity contribution in [2.24, 2.45) is 0 Å². The number of benzene rings is 2. The number of rotatable bonds is 9. The predicted octanol–water partition coefficient (Wildman–Crippen LogP) is 4.88. The van der Waals surface area contributed by atoms with E-state index in [9.17, 15) is 8.42 Å². The summed E-state index contributed by atoms with van der Waals surface area (Å²) in [6, 6.07) is 15.2. The highest BCUT2D eigenvalue weighted by Gasteiger charge is 2.24. The van der Waals surface area contributed by atoms with Gasteiger partial charge in [-0.1, -0.05) is 24.3 Å². The van der Waals surface area contributed by atoms with Crippen molar-refractivity contribution in [3.8, 4) is 22.9 Å². The number of piperidine rings is 1. The van der Waals surface area contributed by atoms with E-state index in [-0.39, 0.29) is 17.9 Å². The average molecular weight is 575 g/mol. The van der Waals surface area contributed by atoms with E-state index in [1.807, 2.05) is 49.4 Å². The van der Waals surface area contributed by atoms with Gasteiger partial charge in [0.2, 0.25) is 21.9 Å². The van der Waals surface area contributed by atoms with E-state index >= 15 is 0 Å². The molecule has 0 aliphatic carbocycles. The number of hydrogen-bond acceptors (Lipinski definition) is 9. The van der Waals surface area contributed by atoms with Crippen molar-refractivity contribution in [3.05, 3.63) is 66.5 Å². The molecule has 2 aliphatic rings. The first-order valence-corrected chi connectivity index (χ1v) is 15.7. The highest BCUT2D eigenvalue weighted by molar-refractivity contribution is 7.92. The van der Waals surface area contributed by atoms with Crippen molar-refractivity contribution in [2.45, 2.75) is 44.8 Å². The van der Waals surface area contributed by atoms with Crippen LogP contribution in [0.1, 0.15) is 31.2 Å². The van der Waals surface area contributed by atoms with E-state index in [0.29, 0.717) is 35.6 Å². The zero-order valence-electron chi connectivity index (χ0n) is 23.0. The van der Waals surface area contributed by atoms with Crippen LogP contribution < -0.4 is 20.1 Å². The number of aryl methyl sites for hydroxylation is 1. The van der Waals surface area contributed by atoms with Crippen LogP contribution in [0.25, 0.3) is 22.0 Å². The molecule has 4 heterocycles. The Bertz CT molecular complexity index is 1640. The predicted molar refractivity (Wildman–Crippen MR) is 160 cm³/mol. The second-order valence-corrected chi connectivity index (χ2v) is 12.3. The Kier molecular flexibility index (Phi) is 8.00. The highest BCUT2D eigenvalue weighted by Crippen LogP contribution is 2.39. The number of fused-ring (bicyclic) bond motifs is 1. The lowest BCUT2D eigenvalue weighted by molar-refractivity contribution is 0.127. The average Bonchev–Trinajstić information content (AvgIpc) is 3.48. The number of anilines is 2. The standard InChI is InChI=1S/C30H34N6O4S/c1-20-11-12-23-24(8-2-10-27(23)36-41(37,38)19-22-7-5-17-39-22)28(20)40-29-25(9-4-15-32-29)26-13-16-33-30(35-26)34-21-6-3-14-31-18-21/h2,4,8-13,15-16,21-22,31,36H,3,5-7,14,17-19H2,1H3,(H,33,34,35)/t21-,22?/m0/s1. The maximum absolute atomic E-state index is 12.9. The minimum absolute atomic E-state index is 0.0665. The van der Waals surface area contributed by atoms with Crippen LogP contribution in [0, 0.1) is 6.92 Å². The molecule has 0 radical (unpaired) electrons. The zero-order valence-corrected chi connectivity index (χ0v) is 23.8. The van der Waals surface area contributed by atoms with E-state index in [1.54, 1.807) is 18.5 Å². The molecule has 2 aliphatic heterocycles. The smallest absolute Gasteiger partial charge is 0.235 e. The quantitative estimate of drug-likeness (QED) is 0.256. The van der Waals surface area contributed by atoms with E-state index < -0.39 is 10.0 Å². The number of sulfonamides is 1. The monoisotopic (exact) mass is 574 g/mol. The molecule has 3 N–H and O–H groups in total. The molecule has 10 nitrogen and oxygen atoms in total. The number of aromatic nitrogens is 3. The third-order valence-corrected chi connectivity index (χ3v) is 8.78. The molecule has 11 heteroatoms. The lowest BCUT2D eigenvalue weighted by Crippen LogP contribution is -2.38. The summed E-state index contributed by atoms with van der Waals surface area (Å²) in [5.74, 6) is 1.50. The van der Waals surface area contributed by atoms with Gasteiger partial charge in [-0.2, -0.15) is 0 Å². The first kappa shape index (κ1) is 27.4. The molecule has 0 bridgehead atoms. The van der Waals surface area contributed by atoms with Gasteiger partial charge in [-0.15, -0.1) is 0 Å². The van der Waals surface area contributed by atoms with Gasteiger partial charge in [-0.05, 0) is 69.0 Å². The molecular weight excluding hydrogens is 540 g/mol. The highest BCUT2D eigenvalue weighted by atomic mass is 32.2. The van der Waals surface area contributed by atoms with Gasteiger partial charge < -0.3 is 20.1 Å². The Hall–Kier alpha value is -3.80. The number of hydrogen-bond donors (Lipinski definition) is 3. The molecule has 0 saturated carbocycles. The minimum atomic E-state index is -3.60. The lowest BCUT2D eigenvalue weighted by Gasteiger charge is -2.23. The van der Waals surface area contributed by atoms with Crippen LogP contribution in [-0.4, -0.2) is 61.0 Å². The Labute approximate surface area is 240 Å². The Morgan fingerprint density at radius 1 is 1.02 bits per heavy atom. The summed E-state index contributed by atoms with van der Waals surface area (Å²) in [4.78, 5) is 13.7. The summed E-state index contributed by atoms with van der Waals surface area (Å²) < 4.78 is 40.7. The number of nitrogens with zero attached hydrogens (tertiary/aromatic N) is 3. The Morgan fingerprint density at radius 2 is 1.95 bits per heavy atom. The summed E-state index contributed by atoms with van der Waals surface area (Å²) in [5, 5.41) is 8.33. The van der Waals surface area contributed by atoms with E-state index in [0.717, 1.165) is 60.7 Å². The number of ether oxygens (including phenoxy) is 2. The van der Waals surface area contributed by atoms with Gasteiger partial charge in [0, 0.05) is 42.4 Å². The van der Waals surface area contributed by atoms with Crippen molar-refractivity contribution in [3.63, 3.8) is 0 Å². The van der Waals surface area contributed by atoms with E-state index in [4.69, 9.17) is 14.5 Å². The molecule has 2 fully saturated rings. The molecule has 0 amide bonds. The summed E-state index contributed by atoms with van der Waals surface area (Å²) in [7, 11) is -3.60. The van der Waals surface area contributed by atoms with Crippen LogP contribution in [0.3, 0.4) is 0 Å². The SMILES string of the molecule is Cc1ccc2c(NS(=O)(=O)CC3CCCO3)cccc2c1Oc1ncccc1-c1ccnc(N[C@H]2CCCNC2)n1. The summed E-state index contributed by atoms with van der Waals surface area (Å²) in [6.07, 6.45) is 6.95. The van der Waals surface area contributed by atoms with Crippen LogP contribution in [0.15, 0.2) is 60.9 Å². The van der Waals surface area contributed by atoms with Gasteiger partial charge in [-0.3, -0.25) is 4.72 Å². The maximum Gasteiger partial charge on any atom is 0.235 e. The summed E-state index contributed by atoms with van der Waals surface area (Å²) in [5.41, 5.74) is 2.80. The Morgan fingerprint density at radius 3 is 2.78 bits per heavy atom. The second kappa shape index (κ2) is 12.0. The van der Waals surface area contributed by atoms with Crippen LogP contribution in [0.5, 0.6) is 11.6 Å². The van der Waals surface area contributed by atoms with Gasteiger partial charge in [0.1, 0.15) is 5.75 Å². The molecule has 6 rings (SSSR count). The van der Waals surface area contributed by atoms with E-state index in [2.05, 4.69) is 25.3 Å². The lowest BCUT2D eigenvalue weighted by atomic mass is 10.0. The summed E-state index contributed by atoms with van der Waals surface area (Å²) >= 11 is 0. The number of pyridine rings is 1. The normalized spacial score (nSPS) is 19.2. The van der Waals surface area contributed by atoms with Gasteiger partial charge in [0.15, 0.2) is 0 Å². The first-order chi connectivity index (χ1) is 19.9. The molecule has 4 aromatic rings. The molecular formula is C30H34N6O4S. The van der Waals surface area contributed by atoms with Gasteiger partial charge in [0.05, 0.1) is 28.8 Å². The Balaban J connectivity index is 1.29. The molecule has 2 atom stereocenters. The number of nitrogens with one attached hydrogen (secondary N) is 3. The third kappa shape index (κ3) is 6.42. The summed E-state index contributed by atoms with van der Waals surface area (Å²) in [6.45, 7) is 4.47. The minimum Gasteiger partial charge on any atom is -0.437 e. The third-order valence-electron chi connectivity index (χ3n) is 7.44. The zero-order chi connectivity index (χ0) is 28.2. The molecule has 1 unspecified atom stereocenters. The van der Waals surface area contributed by atoms with Crippen molar-refractivity contribution >= 4 is 32.4 Å². The van der Waals surface area contributed by atoms with Crippen molar-refractivity contribution < 1.29 is 17.9 Å². The van der Waals surface area contributed by atoms with E-state index in [1.165, 1.54) is 0 Å². The molecule has 2 saturated heterocycles. The molecule has 2 aromatic carbocycles. The van der Waals surface area contributed by atoms with Crippen LogP contribution in [0.2, 0.25) is 0 Å². The second-order valence-electron chi connectivity index (χ2n) is 10.5. The van der Waals surface area contributed by atoms with Crippen molar-refractivity contribution in [1.29, 1.82) is 0 Å². The molecule has 2 aromatic heterocycles. The topological polar surface area (TPSA) is 127 Å². The van der Waals surface area contributed by atoms with Gasteiger partial charge in [-0.25, -0.2) is 23.4 Å². The van der Waals surface area contributed by atoms with Crippen molar-refractivity contribution in [2.75, 3.05) is 35.5 Å². The fourth-order valence-electron chi connectivity index (χ4n) is 5.39. The van der Waals surface area contributed by atoms with Crippen LogP contribution in [0.4, 0.5) is 11.6 Å². The fraction of sp³-hybridized carbons (Fsp3) is 0.367.